The molecule has 0 rings (SSSR count). The fraction of sp³-hybridized carbons (Fsp3) is 0. The van der Waals surface area contributed by atoms with E-state index in [1.807, 2.05) is 0 Å². The van der Waals surface area contributed by atoms with Crippen molar-refractivity contribution in [3.63, 3.8) is 0 Å². The smallest absolute Gasteiger partial charge is 0.412 e. The molecule has 0 saturated heterocycles. The summed E-state index contributed by atoms with van der Waals surface area (Å²) < 4.78 is 0. The van der Waals surface area contributed by atoms with Gasteiger partial charge in [0.15, 0.2) is 0 Å². The SMILES string of the molecule is N.O.O.O.O.O.O.O=[N+]([O-])[O-].O=[N+]([O-])[O-].[Co+2]. The molecule has 16 heavy (non-hydrogen) atoms. The third-order valence-corrected chi connectivity index (χ3v) is 0. The molecule has 1 radical (unpaired) electrons. The third kappa shape index (κ3) is 905. The molecule has 0 fully saturated rings. The molecule has 0 aromatic carbocycles. The van der Waals surface area contributed by atoms with Crippen LogP contribution in [-0.4, -0.2) is 43.0 Å². The van der Waals surface area contributed by atoms with Gasteiger partial charge in [-0.15, -0.1) is 0 Å². The van der Waals surface area contributed by atoms with E-state index in [1.54, 1.807) is 0 Å². The zero-order valence-corrected chi connectivity index (χ0v) is 8.43. The number of hydrogen-bond acceptors (Lipinski definition) is 7. The van der Waals surface area contributed by atoms with Crippen LogP contribution in [0.4, 0.5) is 0 Å². The van der Waals surface area contributed by atoms with Gasteiger partial charge < -0.3 is 69.7 Å². The van der Waals surface area contributed by atoms with Crippen LogP contribution in [0, 0.1) is 30.6 Å². The van der Waals surface area contributed by atoms with Gasteiger partial charge in [-0.2, -0.15) is 0 Å². The van der Waals surface area contributed by atoms with Gasteiger partial charge >= 0.3 is 16.8 Å². The topological polar surface area (TPSA) is 356 Å². The van der Waals surface area contributed by atoms with Crippen LogP contribution in [0.1, 0.15) is 0 Å². The van der Waals surface area contributed by atoms with Crippen LogP contribution in [0.5, 0.6) is 0 Å². The van der Waals surface area contributed by atoms with Crippen molar-refractivity contribution < 1.29 is 59.8 Å². The molecule has 0 heterocycles. The van der Waals surface area contributed by atoms with Crippen LogP contribution in [-0.2, 0) is 16.8 Å². The van der Waals surface area contributed by atoms with Crippen LogP contribution >= 0.6 is 0 Å². The second kappa shape index (κ2) is 101. The summed E-state index contributed by atoms with van der Waals surface area (Å²) in [5.74, 6) is 0. The summed E-state index contributed by atoms with van der Waals surface area (Å²) in [5, 5.41) is 29.5. The van der Waals surface area contributed by atoms with Crippen molar-refractivity contribution in [2.24, 2.45) is 0 Å². The Morgan fingerprint density at radius 1 is 0.562 bits per heavy atom. The second-order valence-electron chi connectivity index (χ2n) is 0.447. The minimum absolute atomic E-state index is 0. The van der Waals surface area contributed by atoms with Crippen molar-refractivity contribution in [1.29, 1.82) is 0 Å². The molecule has 0 aliphatic carbocycles. The van der Waals surface area contributed by atoms with Crippen LogP contribution in [0.3, 0.4) is 0 Å². The minimum Gasteiger partial charge on any atom is -0.412 e. The van der Waals surface area contributed by atoms with Crippen molar-refractivity contribution in [2.45, 2.75) is 0 Å². The summed E-state index contributed by atoms with van der Waals surface area (Å²) in [6, 6.07) is 0. The summed E-state index contributed by atoms with van der Waals surface area (Å²) in [7, 11) is 0. The zero-order chi connectivity index (χ0) is 7.15. The molecular formula is H15CoN3O12. The molecule has 0 saturated carbocycles. The van der Waals surface area contributed by atoms with Gasteiger partial charge in [0.1, 0.15) is 0 Å². The predicted molar refractivity (Wildman–Crippen MR) is 47.4 cm³/mol. The van der Waals surface area contributed by atoms with Gasteiger partial charge in [-0.25, -0.2) is 0 Å². The Balaban J connectivity index is -0.00000000375. The molecule has 0 aromatic heterocycles. The first-order valence-corrected chi connectivity index (χ1v) is 1.10. The van der Waals surface area contributed by atoms with E-state index in [-0.39, 0.29) is 55.8 Å². The fourth-order valence-electron chi connectivity index (χ4n) is 0. The summed E-state index contributed by atoms with van der Waals surface area (Å²) in [5.41, 5.74) is 0. The summed E-state index contributed by atoms with van der Waals surface area (Å²) >= 11 is 0. The Bertz CT molecular complexity index is 74.3. The Morgan fingerprint density at radius 2 is 0.562 bits per heavy atom. The average molecular weight is 308 g/mol. The Labute approximate surface area is 97.5 Å². The van der Waals surface area contributed by atoms with Crippen LogP contribution in [0.15, 0.2) is 0 Å². The summed E-state index contributed by atoms with van der Waals surface area (Å²) in [6.07, 6.45) is 0. The maximum absolute atomic E-state index is 8.25. The summed E-state index contributed by atoms with van der Waals surface area (Å²) in [4.78, 5) is 16.5. The van der Waals surface area contributed by atoms with Crippen LogP contribution in [0.25, 0.3) is 0 Å². The normalized spacial score (nSPS) is 3.00. The summed E-state index contributed by atoms with van der Waals surface area (Å²) in [6.45, 7) is 0. The quantitative estimate of drug-likeness (QED) is 0.333. The molecular weight excluding hydrogens is 293 g/mol. The van der Waals surface area contributed by atoms with Crippen molar-refractivity contribution in [3.05, 3.63) is 30.6 Å². The predicted octanol–water partition coefficient (Wildman–Crippen LogP) is -5.27. The first-order valence-electron chi connectivity index (χ1n) is 1.10. The van der Waals surface area contributed by atoms with Crippen molar-refractivity contribution >= 4 is 0 Å². The van der Waals surface area contributed by atoms with E-state index in [0.29, 0.717) is 0 Å². The standard InChI is InChI=1S/Co.2NO3.H3N.6H2O/c;2*2-1(3)4;;;;;;;/h;;;1H3;6*1H2/q+2;2*-1;;;;;;;. The van der Waals surface area contributed by atoms with Crippen molar-refractivity contribution in [3.8, 4) is 0 Å². The monoisotopic (exact) mass is 308 g/mol. The van der Waals surface area contributed by atoms with E-state index in [4.69, 9.17) is 30.6 Å². The van der Waals surface area contributed by atoms with Crippen molar-refractivity contribution in [1.82, 2.24) is 6.15 Å². The molecule has 0 unspecified atom stereocenters. The molecule has 0 aromatic rings. The first kappa shape index (κ1) is 127. The Hall–Kier alpha value is -1.37. The van der Waals surface area contributed by atoms with Gasteiger partial charge in [0.2, 0.25) is 0 Å². The number of hydrogen-bond donors (Lipinski definition) is 1. The minimum atomic E-state index is -1.75. The largest absolute Gasteiger partial charge is 2.00 e. The molecule has 15 nitrogen and oxygen atoms in total. The first-order chi connectivity index (χ1) is 3.46. The molecule has 16 heteroatoms. The van der Waals surface area contributed by atoms with Crippen LogP contribution in [0.2, 0.25) is 0 Å². The molecule has 0 aliphatic rings. The Kier molecular flexibility index (Phi) is 805. The van der Waals surface area contributed by atoms with E-state index in [1.165, 1.54) is 0 Å². The molecule has 111 valence electrons. The van der Waals surface area contributed by atoms with Gasteiger partial charge in [0, 0.05) is 0 Å². The van der Waals surface area contributed by atoms with E-state index < -0.39 is 10.2 Å². The maximum atomic E-state index is 8.25. The van der Waals surface area contributed by atoms with Gasteiger partial charge in [-0.1, -0.05) is 0 Å². The number of nitrogens with zero attached hydrogens (tertiary/aromatic N) is 2. The van der Waals surface area contributed by atoms with E-state index >= 15 is 0 Å². The van der Waals surface area contributed by atoms with Gasteiger partial charge in [-0.05, 0) is 0 Å². The van der Waals surface area contributed by atoms with E-state index in [2.05, 4.69) is 0 Å². The van der Waals surface area contributed by atoms with Gasteiger partial charge in [0.05, 0.1) is 10.2 Å². The fourth-order valence-corrected chi connectivity index (χ4v) is 0. The second-order valence-corrected chi connectivity index (χ2v) is 0.447. The van der Waals surface area contributed by atoms with Gasteiger partial charge in [0.25, 0.3) is 0 Å². The number of rotatable bonds is 0. The zero-order valence-electron chi connectivity index (χ0n) is 7.38. The molecule has 0 bridgehead atoms. The molecule has 0 spiro atoms. The third-order valence-electron chi connectivity index (χ3n) is 0. The van der Waals surface area contributed by atoms with E-state index in [0.717, 1.165) is 0 Å². The molecule has 0 aliphatic heterocycles. The van der Waals surface area contributed by atoms with Gasteiger partial charge in [-0.3, -0.25) is 0 Å². The van der Waals surface area contributed by atoms with Crippen molar-refractivity contribution in [2.75, 3.05) is 0 Å². The van der Waals surface area contributed by atoms with Crippen LogP contribution < -0.4 is 6.15 Å². The molecule has 0 amide bonds. The van der Waals surface area contributed by atoms with E-state index in [9.17, 15) is 0 Å². The Morgan fingerprint density at radius 3 is 0.562 bits per heavy atom. The average Bonchev–Trinajstić information content (AvgIpc) is 1.25. The molecule has 15 N–H and O–H groups in total. The molecule has 0 atom stereocenters. The maximum Gasteiger partial charge on any atom is 2.00 e.